The van der Waals surface area contributed by atoms with E-state index in [2.05, 4.69) is 6.07 Å². The molecular formula is C9H3Cl2NS. The van der Waals surface area contributed by atoms with Crippen LogP contribution in [-0.4, -0.2) is 0 Å². The Labute approximate surface area is 89.1 Å². The molecule has 64 valence electrons. The van der Waals surface area contributed by atoms with Gasteiger partial charge in [-0.3, -0.25) is 0 Å². The first-order valence-electron chi connectivity index (χ1n) is 3.50. The van der Waals surface area contributed by atoms with Crippen LogP contribution in [0.2, 0.25) is 9.36 Å². The highest BCUT2D eigenvalue weighted by Gasteiger charge is 2.08. The molecule has 1 nitrogen and oxygen atoms in total. The Bertz CT molecular complexity index is 510. The van der Waals surface area contributed by atoms with Crippen molar-refractivity contribution in [2.75, 3.05) is 0 Å². The average Bonchev–Trinajstić information content (AvgIpc) is 2.42. The molecular weight excluding hydrogens is 225 g/mol. The normalized spacial score (nSPS) is 10.2. The van der Waals surface area contributed by atoms with Gasteiger partial charge in [0.2, 0.25) is 0 Å². The smallest absolute Gasteiger partial charge is 0.113 e. The summed E-state index contributed by atoms with van der Waals surface area (Å²) in [5, 5.41) is 10.1. The first-order valence-corrected chi connectivity index (χ1v) is 5.07. The highest BCUT2D eigenvalue weighted by atomic mass is 35.5. The van der Waals surface area contributed by atoms with Crippen LogP contribution in [0.15, 0.2) is 18.2 Å². The van der Waals surface area contributed by atoms with Gasteiger partial charge in [-0.2, -0.15) is 5.26 Å². The molecule has 1 aromatic heterocycles. The van der Waals surface area contributed by atoms with Crippen molar-refractivity contribution >= 4 is 44.6 Å². The van der Waals surface area contributed by atoms with E-state index in [1.54, 1.807) is 12.1 Å². The Balaban J connectivity index is 2.82. The first-order chi connectivity index (χ1) is 6.22. The van der Waals surface area contributed by atoms with Gasteiger partial charge in [-0.05, 0) is 12.1 Å². The predicted molar refractivity (Wildman–Crippen MR) is 56.6 cm³/mol. The lowest BCUT2D eigenvalue weighted by atomic mass is 10.2. The summed E-state index contributed by atoms with van der Waals surface area (Å²) in [5.41, 5.74) is 0.627. The number of nitriles is 1. The van der Waals surface area contributed by atoms with Crippen LogP contribution in [0, 0.1) is 11.3 Å². The zero-order chi connectivity index (χ0) is 9.42. The number of hydrogen-bond acceptors (Lipinski definition) is 2. The third kappa shape index (κ3) is 1.40. The fourth-order valence-electron chi connectivity index (χ4n) is 1.10. The molecule has 0 aliphatic carbocycles. The molecule has 0 bridgehead atoms. The molecule has 0 fully saturated rings. The van der Waals surface area contributed by atoms with Crippen molar-refractivity contribution in [3.8, 4) is 6.07 Å². The second kappa shape index (κ2) is 3.19. The van der Waals surface area contributed by atoms with E-state index in [-0.39, 0.29) is 0 Å². The minimum absolute atomic E-state index is 0.575. The SMILES string of the molecule is N#Cc1ccc2c(Cl)c(Cl)sc2c1. The van der Waals surface area contributed by atoms with Crippen molar-refractivity contribution in [2.24, 2.45) is 0 Å². The Morgan fingerprint density at radius 3 is 2.77 bits per heavy atom. The van der Waals surface area contributed by atoms with E-state index in [4.69, 9.17) is 28.5 Å². The predicted octanol–water partition coefficient (Wildman–Crippen LogP) is 4.08. The Kier molecular flexibility index (Phi) is 2.17. The molecule has 2 rings (SSSR count). The van der Waals surface area contributed by atoms with Gasteiger partial charge in [0.25, 0.3) is 0 Å². The molecule has 0 unspecified atom stereocenters. The van der Waals surface area contributed by atoms with Crippen molar-refractivity contribution in [2.45, 2.75) is 0 Å². The van der Waals surface area contributed by atoms with Crippen LogP contribution >= 0.6 is 34.5 Å². The van der Waals surface area contributed by atoms with E-state index in [1.165, 1.54) is 11.3 Å². The number of hydrogen-bond donors (Lipinski definition) is 0. The summed E-state index contributed by atoms with van der Waals surface area (Å²) in [4.78, 5) is 0. The lowest BCUT2D eigenvalue weighted by Crippen LogP contribution is -1.70. The maximum Gasteiger partial charge on any atom is 0.113 e. The van der Waals surface area contributed by atoms with Crippen LogP contribution in [0.25, 0.3) is 10.1 Å². The van der Waals surface area contributed by atoms with Gasteiger partial charge in [0, 0.05) is 10.1 Å². The van der Waals surface area contributed by atoms with Gasteiger partial charge in [0.1, 0.15) is 4.34 Å². The average molecular weight is 228 g/mol. The highest BCUT2D eigenvalue weighted by Crippen LogP contribution is 2.38. The summed E-state index contributed by atoms with van der Waals surface area (Å²) in [5.74, 6) is 0. The quantitative estimate of drug-likeness (QED) is 0.666. The summed E-state index contributed by atoms with van der Waals surface area (Å²) >= 11 is 13.2. The van der Waals surface area contributed by atoms with E-state index in [1.807, 2.05) is 6.07 Å². The van der Waals surface area contributed by atoms with E-state index in [0.717, 1.165) is 10.1 Å². The van der Waals surface area contributed by atoms with Crippen molar-refractivity contribution in [1.29, 1.82) is 5.26 Å². The fraction of sp³-hybridized carbons (Fsp3) is 0. The third-order valence-electron chi connectivity index (χ3n) is 1.72. The van der Waals surface area contributed by atoms with Crippen LogP contribution in [0.1, 0.15) is 5.56 Å². The van der Waals surface area contributed by atoms with Gasteiger partial charge < -0.3 is 0 Å². The first kappa shape index (κ1) is 8.83. The summed E-state index contributed by atoms with van der Waals surface area (Å²) in [6.45, 7) is 0. The molecule has 0 N–H and O–H groups in total. The number of fused-ring (bicyclic) bond motifs is 1. The molecule has 1 aromatic carbocycles. The Hall–Kier alpha value is -0.750. The van der Waals surface area contributed by atoms with Gasteiger partial charge in [-0.1, -0.05) is 29.3 Å². The highest BCUT2D eigenvalue weighted by molar-refractivity contribution is 7.23. The topological polar surface area (TPSA) is 23.8 Å². The second-order valence-electron chi connectivity index (χ2n) is 2.51. The zero-order valence-electron chi connectivity index (χ0n) is 6.34. The second-order valence-corrected chi connectivity index (χ2v) is 4.54. The molecule has 1 heterocycles. The maximum atomic E-state index is 8.66. The maximum absolute atomic E-state index is 8.66. The monoisotopic (exact) mass is 227 g/mol. The molecule has 0 atom stereocenters. The summed E-state index contributed by atoms with van der Waals surface area (Å²) in [6, 6.07) is 7.41. The molecule has 0 saturated carbocycles. The number of benzene rings is 1. The van der Waals surface area contributed by atoms with Gasteiger partial charge in [-0.25, -0.2) is 0 Å². The molecule has 0 amide bonds. The van der Waals surface area contributed by atoms with E-state index >= 15 is 0 Å². The van der Waals surface area contributed by atoms with E-state index < -0.39 is 0 Å². The van der Waals surface area contributed by atoms with Crippen LogP contribution in [0.5, 0.6) is 0 Å². The summed E-state index contributed by atoms with van der Waals surface area (Å²) < 4.78 is 1.53. The fourth-order valence-corrected chi connectivity index (χ4v) is 2.65. The van der Waals surface area contributed by atoms with Crippen LogP contribution < -0.4 is 0 Å². The molecule has 0 spiro atoms. The van der Waals surface area contributed by atoms with Crippen LogP contribution in [0.4, 0.5) is 0 Å². The molecule has 0 aliphatic rings. The van der Waals surface area contributed by atoms with Crippen molar-refractivity contribution in [3.05, 3.63) is 33.1 Å². The van der Waals surface area contributed by atoms with Crippen LogP contribution in [-0.2, 0) is 0 Å². The van der Waals surface area contributed by atoms with Gasteiger partial charge >= 0.3 is 0 Å². The third-order valence-corrected chi connectivity index (χ3v) is 3.68. The molecule has 0 aliphatic heterocycles. The van der Waals surface area contributed by atoms with Crippen molar-refractivity contribution in [1.82, 2.24) is 0 Å². The van der Waals surface area contributed by atoms with E-state index in [9.17, 15) is 0 Å². The number of nitrogens with zero attached hydrogens (tertiary/aromatic N) is 1. The minimum Gasteiger partial charge on any atom is -0.192 e. The number of halogens is 2. The van der Waals surface area contributed by atoms with Crippen molar-refractivity contribution in [3.63, 3.8) is 0 Å². The van der Waals surface area contributed by atoms with E-state index in [0.29, 0.717) is 14.9 Å². The summed E-state index contributed by atoms with van der Waals surface area (Å²) in [6.07, 6.45) is 0. The number of rotatable bonds is 0. The lowest BCUT2D eigenvalue weighted by molar-refractivity contribution is 1.50. The minimum atomic E-state index is 0.575. The van der Waals surface area contributed by atoms with Gasteiger partial charge in [-0.15, -0.1) is 11.3 Å². The largest absolute Gasteiger partial charge is 0.192 e. The molecule has 0 saturated heterocycles. The number of thiophene rings is 1. The standard InChI is InChI=1S/C9H3Cl2NS/c10-8-6-2-1-5(4-12)3-7(6)13-9(8)11/h1-3H. The molecule has 0 radical (unpaired) electrons. The Morgan fingerprint density at radius 2 is 2.08 bits per heavy atom. The molecule has 13 heavy (non-hydrogen) atoms. The van der Waals surface area contributed by atoms with Gasteiger partial charge in [0.05, 0.1) is 16.7 Å². The van der Waals surface area contributed by atoms with Crippen LogP contribution in [0.3, 0.4) is 0 Å². The van der Waals surface area contributed by atoms with Gasteiger partial charge in [0.15, 0.2) is 0 Å². The lowest BCUT2D eigenvalue weighted by Gasteiger charge is -1.89. The van der Waals surface area contributed by atoms with Crippen molar-refractivity contribution < 1.29 is 0 Å². The molecule has 2 aromatic rings. The zero-order valence-corrected chi connectivity index (χ0v) is 8.67. The Morgan fingerprint density at radius 1 is 1.31 bits per heavy atom. The molecule has 4 heteroatoms. The summed E-state index contributed by atoms with van der Waals surface area (Å²) in [7, 11) is 0.